The molecule has 0 saturated carbocycles. The Balaban J connectivity index is 1.51. The molecule has 0 radical (unpaired) electrons. The van der Waals surface area contributed by atoms with Gasteiger partial charge in [-0.25, -0.2) is 15.0 Å². The normalized spacial score (nSPS) is 10.8. The van der Waals surface area contributed by atoms with Crippen LogP contribution in [0.1, 0.15) is 5.56 Å². The topological polar surface area (TPSA) is 88.5 Å². The second-order valence-corrected chi connectivity index (χ2v) is 5.32. The highest BCUT2D eigenvalue weighted by molar-refractivity contribution is 5.95. The van der Waals surface area contributed by atoms with Gasteiger partial charge in [-0.3, -0.25) is 9.36 Å². The minimum absolute atomic E-state index is 0.130. The Morgan fingerprint density at radius 3 is 3.04 bits per heavy atom. The first-order chi connectivity index (χ1) is 11.8. The van der Waals surface area contributed by atoms with Crippen molar-refractivity contribution in [3.05, 3.63) is 67.1 Å². The number of amides is 1. The van der Waals surface area contributed by atoms with E-state index in [-0.39, 0.29) is 12.3 Å². The molecule has 4 aromatic rings. The quantitative estimate of drug-likeness (QED) is 0.604. The number of benzene rings is 1. The average molecular weight is 318 g/mol. The van der Waals surface area contributed by atoms with Crippen molar-refractivity contribution in [1.82, 2.24) is 24.5 Å². The van der Waals surface area contributed by atoms with Crippen molar-refractivity contribution in [3.63, 3.8) is 0 Å². The first kappa shape index (κ1) is 14.1. The SMILES string of the molecule is O=C(Cc1c[nH]c2ccccc12)Nc1cc(-n2ccnc2)ncn1. The van der Waals surface area contributed by atoms with Crippen molar-refractivity contribution in [3.8, 4) is 5.82 Å². The van der Waals surface area contributed by atoms with Gasteiger partial charge in [-0.1, -0.05) is 18.2 Å². The van der Waals surface area contributed by atoms with Gasteiger partial charge in [0.25, 0.3) is 0 Å². The molecule has 1 amide bonds. The standard InChI is InChI=1S/C17H14N6O/c24-17(7-12-9-19-14-4-2-1-3-13(12)14)22-15-8-16(21-10-20-15)23-6-5-18-11-23/h1-6,8-11,19H,7H2,(H,20,21,22,24). The second kappa shape index (κ2) is 5.96. The number of hydrogen-bond acceptors (Lipinski definition) is 4. The molecule has 7 heteroatoms. The lowest BCUT2D eigenvalue weighted by Crippen LogP contribution is -2.15. The van der Waals surface area contributed by atoms with Crippen LogP contribution in [0.4, 0.5) is 5.82 Å². The number of fused-ring (bicyclic) bond motifs is 1. The summed E-state index contributed by atoms with van der Waals surface area (Å²) in [6.07, 6.45) is 8.63. The third-order valence-electron chi connectivity index (χ3n) is 3.72. The van der Waals surface area contributed by atoms with Gasteiger partial charge < -0.3 is 10.3 Å². The number of nitrogens with one attached hydrogen (secondary N) is 2. The summed E-state index contributed by atoms with van der Waals surface area (Å²) in [5.74, 6) is 0.971. The molecule has 0 atom stereocenters. The maximum absolute atomic E-state index is 12.3. The summed E-state index contributed by atoms with van der Waals surface area (Å²) in [7, 11) is 0. The predicted octanol–water partition coefficient (Wildman–Crippen LogP) is 2.32. The highest BCUT2D eigenvalue weighted by Gasteiger charge is 2.10. The molecule has 0 aliphatic rings. The van der Waals surface area contributed by atoms with E-state index < -0.39 is 0 Å². The Bertz CT molecular complexity index is 989. The molecule has 1 aromatic carbocycles. The van der Waals surface area contributed by atoms with Crippen LogP contribution < -0.4 is 5.32 Å². The van der Waals surface area contributed by atoms with Crippen LogP contribution in [0.2, 0.25) is 0 Å². The maximum atomic E-state index is 12.3. The molecule has 0 fully saturated rings. The molecule has 118 valence electrons. The van der Waals surface area contributed by atoms with Gasteiger partial charge in [-0.15, -0.1) is 0 Å². The molecule has 7 nitrogen and oxygen atoms in total. The molecular weight excluding hydrogens is 304 g/mol. The largest absolute Gasteiger partial charge is 0.361 e. The Labute approximate surface area is 137 Å². The van der Waals surface area contributed by atoms with E-state index in [0.717, 1.165) is 16.5 Å². The fraction of sp³-hybridized carbons (Fsp3) is 0.0588. The van der Waals surface area contributed by atoms with Gasteiger partial charge in [0.1, 0.15) is 24.3 Å². The zero-order valence-corrected chi connectivity index (χ0v) is 12.7. The molecule has 0 aliphatic carbocycles. The van der Waals surface area contributed by atoms with Gasteiger partial charge in [0.05, 0.1) is 6.42 Å². The number of nitrogens with zero attached hydrogens (tertiary/aromatic N) is 4. The molecule has 4 rings (SSSR count). The lowest BCUT2D eigenvalue weighted by atomic mass is 10.1. The Hall–Kier alpha value is -3.48. The van der Waals surface area contributed by atoms with E-state index in [1.165, 1.54) is 6.33 Å². The summed E-state index contributed by atoms with van der Waals surface area (Å²) >= 11 is 0. The summed E-state index contributed by atoms with van der Waals surface area (Å²) in [5, 5.41) is 3.86. The summed E-state index contributed by atoms with van der Waals surface area (Å²) in [4.78, 5) is 27.7. The lowest BCUT2D eigenvalue weighted by molar-refractivity contribution is -0.115. The minimum Gasteiger partial charge on any atom is -0.361 e. The molecule has 0 spiro atoms. The number of hydrogen-bond donors (Lipinski definition) is 2. The van der Waals surface area contributed by atoms with E-state index in [4.69, 9.17) is 0 Å². The maximum Gasteiger partial charge on any atom is 0.230 e. The van der Waals surface area contributed by atoms with E-state index >= 15 is 0 Å². The molecule has 3 heterocycles. The van der Waals surface area contributed by atoms with Crippen LogP contribution in [0.5, 0.6) is 0 Å². The Morgan fingerprint density at radius 2 is 2.17 bits per heavy atom. The van der Waals surface area contributed by atoms with Crippen LogP contribution in [-0.2, 0) is 11.2 Å². The third-order valence-corrected chi connectivity index (χ3v) is 3.72. The van der Waals surface area contributed by atoms with Crippen molar-refractivity contribution >= 4 is 22.6 Å². The van der Waals surface area contributed by atoms with Gasteiger partial charge in [-0.2, -0.15) is 0 Å². The highest BCUT2D eigenvalue weighted by Crippen LogP contribution is 2.18. The van der Waals surface area contributed by atoms with Crippen LogP contribution in [0.25, 0.3) is 16.7 Å². The Kier molecular flexibility index (Phi) is 3.51. The zero-order chi connectivity index (χ0) is 16.4. The van der Waals surface area contributed by atoms with Gasteiger partial charge >= 0.3 is 0 Å². The molecule has 0 saturated heterocycles. The molecule has 24 heavy (non-hydrogen) atoms. The summed E-state index contributed by atoms with van der Waals surface area (Å²) < 4.78 is 1.75. The summed E-state index contributed by atoms with van der Waals surface area (Å²) in [5.41, 5.74) is 1.97. The average Bonchev–Trinajstić information content (AvgIpc) is 3.26. The monoisotopic (exact) mass is 318 g/mol. The fourth-order valence-corrected chi connectivity index (χ4v) is 2.59. The van der Waals surface area contributed by atoms with Crippen molar-refractivity contribution in [2.45, 2.75) is 6.42 Å². The number of anilines is 1. The number of H-pyrrole nitrogens is 1. The number of aromatic nitrogens is 5. The zero-order valence-electron chi connectivity index (χ0n) is 12.7. The van der Waals surface area contributed by atoms with Gasteiger partial charge in [0.2, 0.25) is 5.91 Å². The van der Waals surface area contributed by atoms with Crippen molar-refractivity contribution in [2.75, 3.05) is 5.32 Å². The minimum atomic E-state index is -0.130. The van der Waals surface area contributed by atoms with Crippen molar-refractivity contribution in [1.29, 1.82) is 0 Å². The first-order valence-corrected chi connectivity index (χ1v) is 7.45. The number of rotatable bonds is 4. The molecule has 2 N–H and O–H groups in total. The summed E-state index contributed by atoms with van der Waals surface area (Å²) in [6.45, 7) is 0. The van der Waals surface area contributed by atoms with E-state index in [1.807, 2.05) is 30.5 Å². The highest BCUT2D eigenvalue weighted by atomic mass is 16.1. The third kappa shape index (κ3) is 2.74. The van der Waals surface area contributed by atoms with Gasteiger partial charge in [-0.05, 0) is 11.6 Å². The number of carbonyl (C=O) groups excluding carboxylic acids is 1. The fourth-order valence-electron chi connectivity index (χ4n) is 2.59. The smallest absolute Gasteiger partial charge is 0.230 e. The Morgan fingerprint density at radius 1 is 1.25 bits per heavy atom. The molecule has 0 unspecified atom stereocenters. The number of carbonyl (C=O) groups is 1. The second-order valence-electron chi connectivity index (χ2n) is 5.32. The van der Waals surface area contributed by atoms with Crippen molar-refractivity contribution in [2.24, 2.45) is 0 Å². The molecule has 3 aromatic heterocycles. The van der Waals surface area contributed by atoms with Crippen LogP contribution >= 0.6 is 0 Å². The van der Waals surface area contributed by atoms with E-state index in [2.05, 4.69) is 25.3 Å². The summed E-state index contributed by atoms with van der Waals surface area (Å²) in [6, 6.07) is 9.60. The van der Waals surface area contributed by atoms with Gasteiger partial charge in [0, 0.05) is 35.6 Å². The molecular formula is C17H14N6O. The lowest BCUT2D eigenvalue weighted by Gasteiger charge is -2.06. The number of aromatic amines is 1. The molecule has 0 aliphatic heterocycles. The van der Waals surface area contributed by atoms with E-state index in [0.29, 0.717) is 11.6 Å². The van der Waals surface area contributed by atoms with Crippen LogP contribution in [0.15, 0.2) is 61.6 Å². The van der Waals surface area contributed by atoms with Crippen molar-refractivity contribution < 1.29 is 4.79 Å². The first-order valence-electron chi connectivity index (χ1n) is 7.45. The van der Waals surface area contributed by atoms with E-state index in [9.17, 15) is 4.79 Å². The predicted molar refractivity (Wildman–Crippen MR) is 89.8 cm³/mol. The van der Waals surface area contributed by atoms with Crippen LogP contribution in [0, 0.1) is 0 Å². The van der Waals surface area contributed by atoms with Crippen LogP contribution in [0.3, 0.4) is 0 Å². The van der Waals surface area contributed by atoms with Gasteiger partial charge in [0.15, 0.2) is 0 Å². The number of imidazole rings is 1. The number of para-hydroxylation sites is 1. The van der Waals surface area contributed by atoms with Crippen LogP contribution in [-0.4, -0.2) is 30.4 Å². The molecule has 0 bridgehead atoms. The van der Waals surface area contributed by atoms with E-state index in [1.54, 1.807) is 29.4 Å².